The third-order valence-corrected chi connectivity index (χ3v) is 5.16. The van der Waals surface area contributed by atoms with Crippen LogP contribution in [0.15, 0.2) is 0 Å². The summed E-state index contributed by atoms with van der Waals surface area (Å²) in [6.45, 7) is 0.931. The zero-order valence-corrected chi connectivity index (χ0v) is 18.8. The van der Waals surface area contributed by atoms with Gasteiger partial charge >= 0.3 is 23.9 Å². The van der Waals surface area contributed by atoms with Crippen LogP contribution in [0, 0.1) is 0 Å². The van der Waals surface area contributed by atoms with Crippen LogP contribution >= 0.6 is 0 Å². The van der Waals surface area contributed by atoms with Gasteiger partial charge in [0.05, 0.1) is 26.2 Å². The van der Waals surface area contributed by atoms with Crippen LogP contribution < -0.4 is 0 Å². The molecule has 0 aromatic heterocycles. The first-order valence-corrected chi connectivity index (χ1v) is 10.5. The van der Waals surface area contributed by atoms with Crippen molar-refractivity contribution in [1.82, 2.24) is 24.5 Å². The number of carboxylic acid groups (broad SMARTS) is 4. The second kappa shape index (κ2) is 14.4. The van der Waals surface area contributed by atoms with E-state index in [9.17, 15) is 34.2 Å². The minimum atomic E-state index is -1.15. The summed E-state index contributed by atoms with van der Waals surface area (Å²) in [4.78, 5) is 64.7. The maximum Gasteiger partial charge on any atom is 0.323 e. The highest BCUT2D eigenvalue weighted by molar-refractivity contribution is 5.82. The highest BCUT2D eigenvalue weighted by Gasteiger charge is 2.22. The van der Waals surface area contributed by atoms with Gasteiger partial charge in [-0.1, -0.05) is 0 Å². The quantitative estimate of drug-likeness (QED) is 0.251. The van der Waals surface area contributed by atoms with Crippen LogP contribution in [0.5, 0.6) is 0 Å². The van der Waals surface area contributed by atoms with E-state index >= 15 is 0 Å². The van der Waals surface area contributed by atoms with E-state index in [0.717, 1.165) is 4.90 Å². The summed E-state index contributed by atoms with van der Waals surface area (Å²) >= 11 is 0. The first-order valence-electron chi connectivity index (χ1n) is 10.5. The number of likely N-dealkylation sites (N-methyl/N-ethyl adjacent to an activating group) is 1. The molecule has 0 aromatic rings. The van der Waals surface area contributed by atoms with Crippen LogP contribution in [-0.4, -0.2) is 167 Å². The molecule has 1 aliphatic rings. The third-order valence-electron chi connectivity index (χ3n) is 5.16. The van der Waals surface area contributed by atoms with Gasteiger partial charge < -0.3 is 25.3 Å². The summed E-state index contributed by atoms with van der Waals surface area (Å²) in [7, 11) is 1.37. The van der Waals surface area contributed by atoms with E-state index in [-0.39, 0.29) is 65.4 Å². The summed E-state index contributed by atoms with van der Waals surface area (Å²) in [6.07, 6.45) is 0. The number of carboxylic acids is 4. The van der Waals surface area contributed by atoms with Crippen molar-refractivity contribution in [3.63, 3.8) is 0 Å². The molecule has 0 spiro atoms. The minimum Gasteiger partial charge on any atom is -0.480 e. The van der Waals surface area contributed by atoms with Crippen molar-refractivity contribution in [2.24, 2.45) is 0 Å². The van der Waals surface area contributed by atoms with E-state index in [4.69, 9.17) is 10.2 Å². The van der Waals surface area contributed by atoms with Crippen molar-refractivity contribution < 1.29 is 44.4 Å². The van der Waals surface area contributed by atoms with Crippen LogP contribution in [0.2, 0.25) is 0 Å². The number of hydrogen-bond donors (Lipinski definition) is 4. The van der Waals surface area contributed by atoms with Crippen molar-refractivity contribution in [1.29, 1.82) is 0 Å². The summed E-state index contributed by atoms with van der Waals surface area (Å²) < 4.78 is 0. The Morgan fingerprint density at radius 1 is 0.545 bits per heavy atom. The minimum absolute atomic E-state index is 0.100. The SMILES string of the molecule is CN(CC(=O)O)C(=O)CN1CCN(CC(=O)O)CCN(CC(=O)O)CCN(CC(=O)O)CC1. The molecule has 0 bridgehead atoms. The van der Waals surface area contributed by atoms with Crippen LogP contribution in [0.1, 0.15) is 0 Å². The maximum atomic E-state index is 12.4. The van der Waals surface area contributed by atoms with Gasteiger partial charge in [0.25, 0.3) is 0 Å². The number of nitrogens with zero attached hydrogens (tertiary/aromatic N) is 5. The Kier molecular flexibility index (Phi) is 12.3. The second-order valence-corrected chi connectivity index (χ2v) is 7.93. The summed E-state index contributed by atoms with van der Waals surface area (Å²) in [5.41, 5.74) is 0. The number of amides is 1. The molecule has 0 saturated carbocycles. The highest BCUT2D eigenvalue weighted by atomic mass is 16.4. The molecule has 1 saturated heterocycles. The van der Waals surface area contributed by atoms with Gasteiger partial charge in [0, 0.05) is 59.4 Å². The van der Waals surface area contributed by atoms with Crippen molar-refractivity contribution >= 4 is 29.8 Å². The van der Waals surface area contributed by atoms with E-state index < -0.39 is 36.3 Å². The zero-order valence-electron chi connectivity index (χ0n) is 18.8. The van der Waals surface area contributed by atoms with Crippen LogP contribution in [0.3, 0.4) is 0 Å². The first kappa shape index (κ1) is 28.2. The Hall–Kier alpha value is -2.81. The lowest BCUT2D eigenvalue weighted by Crippen LogP contribution is -2.50. The number of aliphatic carboxylic acids is 4. The lowest BCUT2D eigenvalue weighted by Gasteiger charge is -2.33. The molecule has 0 aromatic carbocycles. The van der Waals surface area contributed by atoms with Gasteiger partial charge in [-0.3, -0.25) is 43.6 Å². The lowest BCUT2D eigenvalue weighted by molar-refractivity contribution is -0.144. The second-order valence-electron chi connectivity index (χ2n) is 7.93. The van der Waals surface area contributed by atoms with E-state index in [1.54, 1.807) is 19.6 Å². The fourth-order valence-electron chi connectivity index (χ4n) is 3.39. The maximum absolute atomic E-state index is 12.4. The van der Waals surface area contributed by atoms with Gasteiger partial charge in [-0.05, 0) is 0 Å². The fourth-order valence-corrected chi connectivity index (χ4v) is 3.39. The van der Waals surface area contributed by atoms with Gasteiger partial charge in [0.2, 0.25) is 5.91 Å². The smallest absolute Gasteiger partial charge is 0.323 e. The Balaban J connectivity index is 2.98. The highest BCUT2D eigenvalue weighted by Crippen LogP contribution is 2.02. The van der Waals surface area contributed by atoms with Crippen LogP contribution in [-0.2, 0) is 24.0 Å². The van der Waals surface area contributed by atoms with Crippen molar-refractivity contribution in [2.45, 2.75) is 0 Å². The molecule has 33 heavy (non-hydrogen) atoms. The summed E-state index contributed by atoms with van der Waals surface area (Å²) in [6, 6.07) is 0. The molecule has 1 rings (SSSR count). The molecule has 0 unspecified atom stereocenters. The molecule has 1 heterocycles. The topological polar surface area (TPSA) is 182 Å². The molecule has 188 valence electrons. The molecule has 14 heteroatoms. The average Bonchev–Trinajstić information content (AvgIpc) is 2.68. The molecule has 14 nitrogen and oxygen atoms in total. The third kappa shape index (κ3) is 12.7. The van der Waals surface area contributed by atoms with Crippen molar-refractivity contribution in [3.8, 4) is 0 Å². The number of rotatable bonds is 10. The van der Waals surface area contributed by atoms with Crippen LogP contribution in [0.4, 0.5) is 0 Å². The summed E-state index contributed by atoms with van der Waals surface area (Å²) in [5, 5.41) is 36.5. The number of hydrogen-bond acceptors (Lipinski definition) is 9. The van der Waals surface area contributed by atoms with Crippen molar-refractivity contribution in [2.75, 3.05) is 92.1 Å². The Morgan fingerprint density at radius 2 is 0.818 bits per heavy atom. The number of carbonyl (C=O) groups excluding carboxylic acids is 1. The van der Waals surface area contributed by atoms with Gasteiger partial charge in [-0.25, -0.2) is 0 Å². The summed E-state index contributed by atoms with van der Waals surface area (Å²) in [5.74, 6) is -4.68. The normalized spacial score (nSPS) is 18.1. The predicted molar refractivity (Wildman–Crippen MR) is 114 cm³/mol. The fraction of sp³-hybridized carbons (Fsp3) is 0.737. The Labute approximate surface area is 191 Å². The molecule has 1 aliphatic heterocycles. The van der Waals surface area contributed by atoms with Gasteiger partial charge in [-0.15, -0.1) is 0 Å². The van der Waals surface area contributed by atoms with E-state index in [2.05, 4.69) is 0 Å². The Morgan fingerprint density at radius 3 is 1.06 bits per heavy atom. The van der Waals surface area contributed by atoms with E-state index in [1.165, 1.54) is 7.05 Å². The average molecular weight is 475 g/mol. The lowest BCUT2D eigenvalue weighted by atomic mass is 10.3. The molecule has 0 aliphatic carbocycles. The predicted octanol–water partition coefficient (Wildman–Crippen LogP) is -3.00. The van der Waals surface area contributed by atoms with Crippen LogP contribution in [0.25, 0.3) is 0 Å². The Bertz CT molecular complexity index is 673. The molecule has 1 amide bonds. The van der Waals surface area contributed by atoms with Gasteiger partial charge in [0.15, 0.2) is 0 Å². The molecular weight excluding hydrogens is 442 g/mol. The largest absolute Gasteiger partial charge is 0.480 e. The van der Waals surface area contributed by atoms with E-state index in [0.29, 0.717) is 13.1 Å². The van der Waals surface area contributed by atoms with Gasteiger partial charge in [0.1, 0.15) is 6.54 Å². The first-order chi connectivity index (χ1) is 15.5. The molecule has 0 radical (unpaired) electrons. The molecule has 0 atom stereocenters. The monoisotopic (exact) mass is 475 g/mol. The number of carbonyl (C=O) groups is 5. The molecule has 1 fully saturated rings. The van der Waals surface area contributed by atoms with E-state index in [1.807, 2.05) is 0 Å². The molecular formula is C19H33N5O9. The standard InChI is InChI=1S/C19H33N5O9/c1-20(11-16(26)27)15(25)10-21-2-4-22(12-17(28)29)6-8-24(14-19(32)33)9-7-23(5-3-21)13-18(30)31/h2-14H2,1H3,(H,26,27)(H,28,29)(H,30,31)(H,32,33). The van der Waals surface area contributed by atoms with Gasteiger partial charge in [-0.2, -0.15) is 0 Å². The van der Waals surface area contributed by atoms with Crippen molar-refractivity contribution in [3.05, 3.63) is 0 Å². The zero-order chi connectivity index (χ0) is 25.0. The molecule has 4 N–H and O–H groups in total.